The first-order valence-corrected chi connectivity index (χ1v) is 7.25. The van der Waals surface area contributed by atoms with Crippen molar-refractivity contribution in [2.45, 2.75) is 69.9 Å². The maximum absolute atomic E-state index is 5.97. The Hall–Kier alpha value is -0.0800. The zero-order valence-electron chi connectivity index (χ0n) is 10.8. The van der Waals surface area contributed by atoms with Crippen LogP contribution < -0.4 is 5.73 Å². The van der Waals surface area contributed by atoms with Crippen LogP contribution in [0.25, 0.3) is 0 Å². The lowest BCUT2D eigenvalue weighted by atomic mass is 9.92. The van der Waals surface area contributed by atoms with Crippen LogP contribution in [0.2, 0.25) is 0 Å². The van der Waals surface area contributed by atoms with Crippen molar-refractivity contribution in [2.24, 2.45) is 11.7 Å². The summed E-state index contributed by atoms with van der Waals surface area (Å²) in [5.74, 6) is 0.757. The highest BCUT2D eigenvalue weighted by Gasteiger charge is 2.31. The SMILES string of the molecule is CN(C1CCCC1)C1CCCCCC1CN. The van der Waals surface area contributed by atoms with Gasteiger partial charge in [-0.25, -0.2) is 0 Å². The summed E-state index contributed by atoms with van der Waals surface area (Å²) in [6.07, 6.45) is 12.7. The normalized spacial score (nSPS) is 33.2. The van der Waals surface area contributed by atoms with Gasteiger partial charge < -0.3 is 10.6 Å². The van der Waals surface area contributed by atoms with E-state index in [0.717, 1.165) is 24.5 Å². The molecule has 0 aromatic heterocycles. The topological polar surface area (TPSA) is 29.3 Å². The van der Waals surface area contributed by atoms with Gasteiger partial charge in [0.15, 0.2) is 0 Å². The molecule has 2 aliphatic carbocycles. The molecule has 0 spiro atoms. The summed E-state index contributed by atoms with van der Waals surface area (Å²) in [4.78, 5) is 2.69. The van der Waals surface area contributed by atoms with E-state index in [1.807, 2.05) is 0 Å². The van der Waals surface area contributed by atoms with E-state index in [2.05, 4.69) is 11.9 Å². The summed E-state index contributed by atoms with van der Waals surface area (Å²) in [6, 6.07) is 1.63. The number of nitrogens with two attached hydrogens (primary N) is 1. The summed E-state index contributed by atoms with van der Waals surface area (Å²) in [7, 11) is 2.36. The van der Waals surface area contributed by atoms with Gasteiger partial charge in [-0.3, -0.25) is 0 Å². The Kier molecular flexibility index (Phi) is 4.66. The third kappa shape index (κ3) is 2.78. The summed E-state index contributed by atoms with van der Waals surface area (Å²) in [5.41, 5.74) is 5.97. The van der Waals surface area contributed by atoms with Gasteiger partial charge in [-0.2, -0.15) is 0 Å². The lowest BCUT2D eigenvalue weighted by Gasteiger charge is -2.37. The van der Waals surface area contributed by atoms with Crippen molar-refractivity contribution in [3.63, 3.8) is 0 Å². The number of hydrogen-bond acceptors (Lipinski definition) is 2. The predicted octanol–water partition coefficient (Wildman–Crippen LogP) is 2.77. The third-order valence-electron chi connectivity index (χ3n) is 4.85. The van der Waals surface area contributed by atoms with Gasteiger partial charge in [0.25, 0.3) is 0 Å². The van der Waals surface area contributed by atoms with Crippen molar-refractivity contribution in [1.82, 2.24) is 4.90 Å². The van der Waals surface area contributed by atoms with Crippen molar-refractivity contribution in [3.05, 3.63) is 0 Å². The zero-order chi connectivity index (χ0) is 11.4. The van der Waals surface area contributed by atoms with Crippen LogP contribution in [0.3, 0.4) is 0 Å². The molecule has 2 unspecified atom stereocenters. The van der Waals surface area contributed by atoms with E-state index in [1.165, 1.54) is 57.8 Å². The van der Waals surface area contributed by atoms with Crippen LogP contribution in [0.4, 0.5) is 0 Å². The maximum atomic E-state index is 5.97. The first-order chi connectivity index (χ1) is 7.83. The molecule has 0 radical (unpaired) electrons. The number of rotatable bonds is 3. The highest BCUT2D eigenvalue weighted by molar-refractivity contribution is 4.86. The summed E-state index contributed by atoms with van der Waals surface area (Å²) >= 11 is 0. The minimum Gasteiger partial charge on any atom is -0.330 e. The Morgan fingerprint density at radius 3 is 2.25 bits per heavy atom. The van der Waals surface area contributed by atoms with E-state index in [4.69, 9.17) is 5.73 Å². The average Bonchev–Trinajstić information content (AvgIpc) is 2.73. The van der Waals surface area contributed by atoms with E-state index in [0.29, 0.717) is 0 Å². The fourth-order valence-electron chi connectivity index (χ4n) is 3.76. The molecular weight excluding hydrogens is 196 g/mol. The van der Waals surface area contributed by atoms with Crippen LogP contribution in [-0.4, -0.2) is 30.6 Å². The first-order valence-electron chi connectivity index (χ1n) is 7.25. The molecule has 2 atom stereocenters. The van der Waals surface area contributed by atoms with Gasteiger partial charge in [-0.05, 0) is 45.2 Å². The van der Waals surface area contributed by atoms with E-state index < -0.39 is 0 Å². The molecule has 0 heterocycles. The Morgan fingerprint density at radius 2 is 1.56 bits per heavy atom. The Labute approximate surface area is 101 Å². The lowest BCUT2D eigenvalue weighted by molar-refractivity contribution is 0.120. The Balaban J connectivity index is 1.97. The first kappa shape index (κ1) is 12.4. The molecule has 2 fully saturated rings. The molecule has 0 aliphatic heterocycles. The zero-order valence-corrected chi connectivity index (χ0v) is 10.8. The van der Waals surface area contributed by atoms with Gasteiger partial charge in [0.1, 0.15) is 0 Å². The van der Waals surface area contributed by atoms with Gasteiger partial charge in [0, 0.05) is 12.1 Å². The second-order valence-electron chi connectivity index (χ2n) is 5.80. The molecule has 2 nitrogen and oxygen atoms in total. The minimum absolute atomic E-state index is 0.757. The monoisotopic (exact) mass is 224 g/mol. The highest BCUT2D eigenvalue weighted by atomic mass is 15.2. The van der Waals surface area contributed by atoms with Crippen LogP contribution in [0.1, 0.15) is 57.8 Å². The quantitative estimate of drug-likeness (QED) is 0.747. The molecule has 2 rings (SSSR count). The Bertz CT molecular complexity index is 199. The van der Waals surface area contributed by atoms with Gasteiger partial charge >= 0.3 is 0 Å². The van der Waals surface area contributed by atoms with Gasteiger partial charge in [-0.1, -0.05) is 32.1 Å². The largest absolute Gasteiger partial charge is 0.330 e. The van der Waals surface area contributed by atoms with Crippen molar-refractivity contribution in [1.29, 1.82) is 0 Å². The Morgan fingerprint density at radius 1 is 0.938 bits per heavy atom. The fraction of sp³-hybridized carbons (Fsp3) is 1.00. The molecule has 2 saturated carbocycles. The number of hydrogen-bond donors (Lipinski definition) is 1. The van der Waals surface area contributed by atoms with Crippen molar-refractivity contribution in [3.8, 4) is 0 Å². The maximum Gasteiger partial charge on any atom is 0.0135 e. The van der Waals surface area contributed by atoms with Crippen molar-refractivity contribution >= 4 is 0 Å². The van der Waals surface area contributed by atoms with Crippen LogP contribution in [-0.2, 0) is 0 Å². The molecule has 0 aromatic rings. The molecule has 0 aromatic carbocycles. The predicted molar refractivity (Wildman–Crippen MR) is 69.4 cm³/mol. The summed E-state index contributed by atoms with van der Waals surface area (Å²) in [5, 5.41) is 0. The third-order valence-corrected chi connectivity index (χ3v) is 4.85. The molecule has 2 heteroatoms. The highest BCUT2D eigenvalue weighted by Crippen LogP contribution is 2.31. The van der Waals surface area contributed by atoms with Crippen molar-refractivity contribution < 1.29 is 0 Å². The van der Waals surface area contributed by atoms with Crippen molar-refractivity contribution in [2.75, 3.05) is 13.6 Å². The lowest BCUT2D eigenvalue weighted by Crippen LogP contribution is -2.45. The standard InChI is InChI=1S/C14H28N2/c1-16(13-8-5-6-9-13)14-10-4-2-3-7-12(14)11-15/h12-14H,2-11,15H2,1H3. The van der Waals surface area contributed by atoms with E-state index in [1.54, 1.807) is 0 Å². The van der Waals surface area contributed by atoms with E-state index in [9.17, 15) is 0 Å². The molecule has 2 aliphatic rings. The average molecular weight is 224 g/mol. The van der Waals surface area contributed by atoms with Crippen LogP contribution >= 0.6 is 0 Å². The molecule has 2 N–H and O–H groups in total. The summed E-state index contributed by atoms with van der Waals surface area (Å²) < 4.78 is 0. The van der Waals surface area contributed by atoms with Crippen LogP contribution in [0.15, 0.2) is 0 Å². The van der Waals surface area contributed by atoms with Gasteiger partial charge in [-0.15, -0.1) is 0 Å². The van der Waals surface area contributed by atoms with Crippen LogP contribution in [0, 0.1) is 5.92 Å². The fourth-order valence-corrected chi connectivity index (χ4v) is 3.76. The van der Waals surface area contributed by atoms with E-state index >= 15 is 0 Å². The smallest absolute Gasteiger partial charge is 0.0135 e. The second-order valence-corrected chi connectivity index (χ2v) is 5.80. The molecule has 94 valence electrons. The van der Waals surface area contributed by atoms with Gasteiger partial charge in [0.05, 0.1) is 0 Å². The number of nitrogens with zero attached hydrogens (tertiary/aromatic N) is 1. The second kappa shape index (κ2) is 6.02. The van der Waals surface area contributed by atoms with E-state index in [-0.39, 0.29) is 0 Å². The molecule has 0 amide bonds. The molecule has 0 bridgehead atoms. The molecular formula is C14H28N2. The summed E-state index contributed by atoms with van der Waals surface area (Å²) in [6.45, 7) is 0.891. The molecule has 0 saturated heterocycles. The van der Waals surface area contributed by atoms with Crippen LogP contribution in [0.5, 0.6) is 0 Å². The minimum atomic E-state index is 0.757. The molecule has 16 heavy (non-hydrogen) atoms. The van der Waals surface area contributed by atoms with Gasteiger partial charge in [0.2, 0.25) is 0 Å².